The molecule has 1 atom stereocenters. The molecule has 0 spiro atoms. The normalized spacial score (nSPS) is 18.0. The molecule has 22 heavy (non-hydrogen) atoms. The number of aryl methyl sites for hydroxylation is 1. The van der Waals surface area contributed by atoms with Gasteiger partial charge in [0.05, 0.1) is 5.75 Å². The molecule has 0 fully saturated rings. The molecule has 0 aromatic heterocycles. The number of hydrogen-bond donors (Lipinski definition) is 1. The molecule has 0 aliphatic heterocycles. The predicted octanol–water partition coefficient (Wildman–Crippen LogP) is 3.84. The van der Waals surface area contributed by atoms with Crippen molar-refractivity contribution in [2.45, 2.75) is 31.1 Å². The first kappa shape index (κ1) is 15.5. The van der Waals surface area contributed by atoms with E-state index in [9.17, 15) is 8.42 Å². The van der Waals surface area contributed by atoms with Crippen molar-refractivity contribution in [2.24, 2.45) is 0 Å². The first-order chi connectivity index (χ1) is 10.5. The lowest BCUT2D eigenvalue weighted by molar-refractivity contribution is 0.507. The number of fused-ring (bicyclic) bond motifs is 1. The van der Waals surface area contributed by atoms with Crippen molar-refractivity contribution in [1.29, 1.82) is 0 Å². The molecule has 0 radical (unpaired) electrons. The lowest BCUT2D eigenvalue weighted by Crippen LogP contribution is -2.31. The van der Waals surface area contributed by atoms with Gasteiger partial charge in [-0.15, -0.1) is 0 Å². The van der Waals surface area contributed by atoms with Crippen molar-refractivity contribution < 1.29 is 8.42 Å². The zero-order valence-corrected chi connectivity index (χ0v) is 13.7. The summed E-state index contributed by atoms with van der Waals surface area (Å²) in [5, 5.41) is 0.552. The minimum atomic E-state index is -3.40. The van der Waals surface area contributed by atoms with E-state index < -0.39 is 10.0 Å². The molecule has 2 aromatic rings. The molecule has 3 rings (SSSR count). The highest BCUT2D eigenvalue weighted by Crippen LogP contribution is 2.30. The van der Waals surface area contributed by atoms with Crippen molar-refractivity contribution in [2.75, 3.05) is 0 Å². The topological polar surface area (TPSA) is 46.2 Å². The average Bonchev–Trinajstić information content (AvgIpc) is 2.47. The molecule has 5 heteroatoms. The fourth-order valence-corrected chi connectivity index (χ4v) is 4.57. The lowest BCUT2D eigenvalue weighted by Gasteiger charge is -2.26. The fourth-order valence-electron chi connectivity index (χ4n) is 2.98. The van der Waals surface area contributed by atoms with Crippen molar-refractivity contribution >= 4 is 21.6 Å². The van der Waals surface area contributed by atoms with Crippen LogP contribution in [-0.2, 0) is 22.2 Å². The summed E-state index contributed by atoms with van der Waals surface area (Å²) in [6.07, 6.45) is 2.86. The van der Waals surface area contributed by atoms with E-state index in [4.69, 9.17) is 11.6 Å². The molecule has 0 bridgehead atoms. The number of hydrogen-bond acceptors (Lipinski definition) is 2. The molecular weight excluding hydrogens is 318 g/mol. The lowest BCUT2D eigenvalue weighted by atomic mass is 9.88. The number of sulfonamides is 1. The van der Waals surface area contributed by atoms with Gasteiger partial charge in [0.2, 0.25) is 10.0 Å². The molecule has 0 amide bonds. The largest absolute Gasteiger partial charge is 0.216 e. The highest BCUT2D eigenvalue weighted by molar-refractivity contribution is 7.88. The zero-order valence-electron chi connectivity index (χ0n) is 12.1. The van der Waals surface area contributed by atoms with E-state index in [-0.39, 0.29) is 11.8 Å². The van der Waals surface area contributed by atoms with Gasteiger partial charge in [-0.2, -0.15) is 0 Å². The molecule has 1 aliphatic rings. The third-order valence-electron chi connectivity index (χ3n) is 3.94. The molecule has 1 aliphatic carbocycles. The van der Waals surface area contributed by atoms with Crippen LogP contribution in [0.1, 0.15) is 35.6 Å². The highest BCUT2D eigenvalue weighted by atomic mass is 35.5. The van der Waals surface area contributed by atoms with E-state index in [1.165, 1.54) is 5.56 Å². The van der Waals surface area contributed by atoms with E-state index in [0.29, 0.717) is 10.6 Å². The summed E-state index contributed by atoms with van der Waals surface area (Å²) in [6, 6.07) is 14.9. The maximum Gasteiger partial charge on any atom is 0.216 e. The second-order valence-electron chi connectivity index (χ2n) is 5.65. The zero-order chi connectivity index (χ0) is 15.6. The van der Waals surface area contributed by atoms with Crippen molar-refractivity contribution in [3.8, 4) is 0 Å². The van der Waals surface area contributed by atoms with Gasteiger partial charge in [-0.3, -0.25) is 0 Å². The van der Waals surface area contributed by atoms with Crippen LogP contribution in [0.3, 0.4) is 0 Å². The van der Waals surface area contributed by atoms with E-state index in [0.717, 1.165) is 24.8 Å². The van der Waals surface area contributed by atoms with Gasteiger partial charge in [0.15, 0.2) is 0 Å². The Morgan fingerprint density at radius 2 is 1.95 bits per heavy atom. The van der Waals surface area contributed by atoms with Gasteiger partial charge in [0, 0.05) is 11.1 Å². The predicted molar refractivity (Wildman–Crippen MR) is 89.3 cm³/mol. The van der Waals surface area contributed by atoms with Gasteiger partial charge in [0.25, 0.3) is 0 Å². The third kappa shape index (κ3) is 3.69. The van der Waals surface area contributed by atoms with Crippen LogP contribution in [0.5, 0.6) is 0 Å². The molecule has 1 N–H and O–H groups in total. The van der Waals surface area contributed by atoms with Crippen LogP contribution in [0, 0.1) is 0 Å². The Balaban J connectivity index is 1.78. The van der Waals surface area contributed by atoms with Gasteiger partial charge in [-0.05, 0) is 48.1 Å². The number of benzene rings is 2. The minimum absolute atomic E-state index is 0.0494. The quantitative estimate of drug-likeness (QED) is 0.922. The molecule has 0 heterocycles. The Morgan fingerprint density at radius 1 is 1.14 bits per heavy atom. The Morgan fingerprint density at radius 3 is 2.77 bits per heavy atom. The van der Waals surface area contributed by atoms with Gasteiger partial charge in [0.1, 0.15) is 0 Å². The molecule has 0 saturated carbocycles. The van der Waals surface area contributed by atoms with Crippen molar-refractivity contribution in [1.82, 2.24) is 4.72 Å². The van der Waals surface area contributed by atoms with E-state index in [2.05, 4.69) is 10.8 Å². The van der Waals surface area contributed by atoms with E-state index in [1.54, 1.807) is 24.3 Å². The summed E-state index contributed by atoms with van der Waals surface area (Å²) in [7, 11) is -3.40. The van der Waals surface area contributed by atoms with Gasteiger partial charge < -0.3 is 0 Å². The van der Waals surface area contributed by atoms with Crippen LogP contribution in [0.25, 0.3) is 0 Å². The highest BCUT2D eigenvalue weighted by Gasteiger charge is 2.24. The van der Waals surface area contributed by atoms with Crippen LogP contribution >= 0.6 is 11.6 Å². The van der Waals surface area contributed by atoms with Crippen molar-refractivity contribution in [3.63, 3.8) is 0 Å². The number of nitrogens with one attached hydrogen (secondary N) is 1. The fraction of sp³-hybridized carbons (Fsp3) is 0.294. The summed E-state index contributed by atoms with van der Waals surface area (Å²) < 4.78 is 27.7. The third-order valence-corrected chi connectivity index (χ3v) is 5.53. The van der Waals surface area contributed by atoms with E-state index in [1.807, 2.05) is 18.2 Å². The van der Waals surface area contributed by atoms with Crippen LogP contribution in [0.15, 0.2) is 48.5 Å². The molecule has 0 unspecified atom stereocenters. The SMILES string of the molecule is O=S(=O)(Cc1cccc(Cl)c1)N[C@H]1CCCc2ccccc21. The standard InChI is InChI=1S/C17H18ClNO2S/c18-15-8-3-5-13(11-15)12-22(20,21)19-17-10-4-7-14-6-1-2-9-16(14)17/h1-3,5-6,8-9,11,17,19H,4,7,10,12H2/t17-/m0/s1. The van der Waals surface area contributed by atoms with Gasteiger partial charge in [-0.1, -0.05) is 48.0 Å². The monoisotopic (exact) mass is 335 g/mol. The first-order valence-electron chi connectivity index (χ1n) is 7.36. The molecule has 116 valence electrons. The summed E-state index contributed by atoms with van der Waals surface area (Å²) in [5.74, 6) is -0.0494. The maximum absolute atomic E-state index is 12.4. The van der Waals surface area contributed by atoms with Crippen LogP contribution in [-0.4, -0.2) is 8.42 Å². The Bertz CT molecular complexity index is 774. The van der Waals surface area contributed by atoms with Crippen LogP contribution < -0.4 is 4.72 Å². The van der Waals surface area contributed by atoms with Crippen LogP contribution in [0.4, 0.5) is 0 Å². The smallest absolute Gasteiger partial charge is 0.212 e. The number of rotatable bonds is 4. The number of halogens is 1. The van der Waals surface area contributed by atoms with Gasteiger partial charge >= 0.3 is 0 Å². The molecular formula is C17H18ClNO2S. The Hall–Kier alpha value is -1.36. The van der Waals surface area contributed by atoms with Gasteiger partial charge in [-0.25, -0.2) is 13.1 Å². The molecule has 2 aromatic carbocycles. The van der Waals surface area contributed by atoms with Crippen LogP contribution in [0.2, 0.25) is 5.02 Å². The molecule has 3 nitrogen and oxygen atoms in total. The average molecular weight is 336 g/mol. The summed E-state index contributed by atoms with van der Waals surface area (Å²) >= 11 is 5.92. The summed E-state index contributed by atoms with van der Waals surface area (Å²) in [6.45, 7) is 0. The van der Waals surface area contributed by atoms with E-state index >= 15 is 0 Å². The Labute approximate surface area is 136 Å². The second-order valence-corrected chi connectivity index (χ2v) is 7.84. The Kier molecular flexibility index (Phi) is 4.52. The van der Waals surface area contributed by atoms with Crippen molar-refractivity contribution in [3.05, 3.63) is 70.2 Å². The second kappa shape index (κ2) is 6.41. The maximum atomic E-state index is 12.4. The first-order valence-corrected chi connectivity index (χ1v) is 9.39. The molecule has 0 saturated heterocycles. The minimum Gasteiger partial charge on any atom is -0.212 e. The summed E-state index contributed by atoms with van der Waals surface area (Å²) in [4.78, 5) is 0. The summed E-state index contributed by atoms with van der Waals surface area (Å²) in [5.41, 5.74) is 3.04.